The van der Waals surface area contributed by atoms with E-state index in [1.807, 2.05) is 18.2 Å². The van der Waals surface area contributed by atoms with E-state index in [0.29, 0.717) is 16.7 Å². The van der Waals surface area contributed by atoms with Crippen LogP contribution in [0.25, 0.3) is 0 Å². The average molecular weight is 315 g/mol. The number of nitrogens with one attached hydrogen (secondary N) is 2. The van der Waals surface area contributed by atoms with E-state index >= 15 is 0 Å². The van der Waals surface area contributed by atoms with Gasteiger partial charge in [0.25, 0.3) is 0 Å². The number of hydrogen-bond donors (Lipinski definition) is 2. The Morgan fingerprint density at radius 3 is 2.73 bits per heavy atom. The van der Waals surface area contributed by atoms with Gasteiger partial charge in [0.1, 0.15) is 0 Å². The van der Waals surface area contributed by atoms with Crippen LogP contribution in [0.2, 0.25) is 0 Å². The highest BCUT2D eigenvalue weighted by Crippen LogP contribution is 2.19. The number of aromatic nitrogens is 1. The van der Waals surface area contributed by atoms with Gasteiger partial charge in [0.2, 0.25) is 0 Å². The van der Waals surface area contributed by atoms with Crippen LogP contribution < -0.4 is 15.4 Å². The van der Waals surface area contributed by atoms with E-state index in [1.54, 1.807) is 13.3 Å². The number of anilines is 1. The molecule has 0 amide bonds. The van der Waals surface area contributed by atoms with Crippen molar-refractivity contribution < 1.29 is 4.74 Å². The lowest BCUT2D eigenvalue weighted by molar-refractivity contribution is 0.415. The van der Waals surface area contributed by atoms with E-state index in [0.717, 1.165) is 12.8 Å². The van der Waals surface area contributed by atoms with Crippen LogP contribution in [0.1, 0.15) is 18.9 Å². The predicted molar refractivity (Wildman–Crippen MR) is 94.4 cm³/mol. The first-order valence-electron chi connectivity index (χ1n) is 7.29. The zero-order chi connectivity index (χ0) is 15.8. The van der Waals surface area contributed by atoms with Gasteiger partial charge < -0.3 is 15.4 Å². The fourth-order valence-corrected chi connectivity index (χ4v) is 2.41. The summed E-state index contributed by atoms with van der Waals surface area (Å²) in [5, 5.41) is 6.90. The maximum atomic E-state index is 5.33. The Balaban J connectivity index is 1.81. The second-order valence-electron chi connectivity index (χ2n) is 5.08. The molecular formula is C17H21N3OS. The summed E-state index contributed by atoms with van der Waals surface area (Å²) in [6, 6.07) is 14.4. The van der Waals surface area contributed by atoms with Crippen LogP contribution in [-0.4, -0.2) is 23.2 Å². The standard InChI is InChI=1S/C17H21N3OS/c1-13(10-11-14-7-4-3-5-8-14)19-17(22)20-16-15(21-2)9-6-12-18-16/h3-9,12-13H,10-11H2,1-2H3,(H2,18,19,20,22). The van der Waals surface area contributed by atoms with Gasteiger partial charge in [-0.05, 0) is 49.7 Å². The molecule has 0 saturated carbocycles. The van der Waals surface area contributed by atoms with Crippen LogP contribution in [-0.2, 0) is 6.42 Å². The third kappa shape index (κ3) is 5.00. The molecule has 1 heterocycles. The molecule has 2 rings (SSSR count). The molecule has 1 aromatic heterocycles. The molecular weight excluding hydrogens is 294 g/mol. The second-order valence-corrected chi connectivity index (χ2v) is 5.49. The van der Waals surface area contributed by atoms with Crippen molar-refractivity contribution in [3.8, 4) is 5.75 Å². The minimum Gasteiger partial charge on any atom is -0.493 e. The first-order chi connectivity index (χ1) is 10.7. The topological polar surface area (TPSA) is 46.2 Å². The first kappa shape index (κ1) is 16.2. The highest BCUT2D eigenvalue weighted by atomic mass is 32.1. The fourth-order valence-electron chi connectivity index (χ4n) is 2.12. The Morgan fingerprint density at radius 1 is 1.23 bits per heavy atom. The van der Waals surface area contributed by atoms with E-state index in [9.17, 15) is 0 Å². The van der Waals surface area contributed by atoms with E-state index in [4.69, 9.17) is 17.0 Å². The van der Waals surface area contributed by atoms with E-state index < -0.39 is 0 Å². The lowest BCUT2D eigenvalue weighted by atomic mass is 10.1. The number of ether oxygens (including phenoxy) is 1. The van der Waals surface area contributed by atoms with Gasteiger partial charge in [0.05, 0.1) is 7.11 Å². The highest BCUT2D eigenvalue weighted by molar-refractivity contribution is 7.80. The van der Waals surface area contributed by atoms with Gasteiger partial charge in [-0.3, -0.25) is 0 Å². The number of aryl methyl sites for hydroxylation is 1. The molecule has 2 aromatic rings. The van der Waals surface area contributed by atoms with Gasteiger partial charge in [0.15, 0.2) is 16.7 Å². The lowest BCUT2D eigenvalue weighted by Crippen LogP contribution is -2.36. The largest absolute Gasteiger partial charge is 0.493 e. The van der Waals surface area contributed by atoms with Crippen LogP contribution in [0.3, 0.4) is 0 Å². The second kappa shape index (κ2) is 8.34. The fraction of sp³-hybridized carbons (Fsp3) is 0.294. The molecule has 0 saturated heterocycles. The van der Waals surface area contributed by atoms with Crippen molar-refractivity contribution in [2.24, 2.45) is 0 Å². The Morgan fingerprint density at radius 2 is 2.00 bits per heavy atom. The summed E-state index contributed by atoms with van der Waals surface area (Å²) in [6.07, 6.45) is 3.72. The van der Waals surface area contributed by atoms with Crippen molar-refractivity contribution in [2.45, 2.75) is 25.8 Å². The van der Waals surface area contributed by atoms with E-state index in [2.05, 4.69) is 46.8 Å². The van der Waals surface area contributed by atoms with Crippen LogP contribution in [0.5, 0.6) is 5.75 Å². The van der Waals surface area contributed by atoms with Crippen molar-refractivity contribution >= 4 is 23.1 Å². The highest BCUT2D eigenvalue weighted by Gasteiger charge is 2.08. The molecule has 0 fully saturated rings. The molecule has 1 unspecified atom stereocenters. The minimum absolute atomic E-state index is 0.273. The molecule has 0 aliphatic carbocycles. The van der Waals surface area contributed by atoms with Crippen LogP contribution in [0, 0.1) is 0 Å². The summed E-state index contributed by atoms with van der Waals surface area (Å²) in [5.41, 5.74) is 1.33. The van der Waals surface area contributed by atoms with Crippen molar-refractivity contribution in [3.05, 3.63) is 54.2 Å². The van der Waals surface area contributed by atoms with Gasteiger partial charge in [-0.1, -0.05) is 30.3 Å². The summed E-state index contributed by atoms with van der Waals surface area (Å²) in [5.74, 6) is 1.29. The average Bonchev–Trinajstić information content (AvgIpc) is 2.54. The van der Waals surface area contributed by atoms with Crippen molar-refractivity contribution in [3.63, 3.8) is 0 Å². The SMILES string of the molecule is COc1cccnc1NC(=S)NC(C)CCc1ccccc1. The molecule has 0 aliphatic rings. The molecule has 0 bridgehead atoms. The number of benzene rings is 1. The maximum absolute atomic E-state index is 5.33. The monoisotopic (exact) mass is 315 g/mol. The number of rotatable bonds is 6. The third-order valence-corrected chi connectivity index (χ3v) is 3.53. The van der Waals surface area contributed by atoms with Crippen LogP contribution in [0.4, 0.5) is 5.82 Å². The third-order valence-electron chi connectivity index (χ3n) is 3.31. The normalized spacial score (nSPS) is 11.5. The quantitative estimate of drug-likeness (QED) is 0.800. The van der Waals surface area contributed by atoms with Gasteiger partial charge in [-0.15, -0.1) is 0 Å². The number of nitrogens with zero attached hydrogens (tertiary/aromatic N) is 1. The smallest absolute Gasteiger partial charge is 0.174 e. The zero-order valence-electron chi connectivity index (χ0n) is 12.9. The Bertz CT molecular complexity index is 604. The molecule has 0 spiro atoms. The van der Waals surface area contributed by atoms with Crippen molar-refractivity contribution in [1.82, 2.24) is 10.3 Å². The maximum Gasteiger partial charge on any atom is 0.174 e. The van der Waals surface area contributed by atoms with Gasteiger partial charge >= 0.3 is 0 Å². The molecule has 22 heavy (non-hydrogen) atoms. The number of hydrogen-bond acceptors (Lipinski definition) is 3. The lowest BCUT2D eigenvalue weighted by Gasteiger charge is -2.17. The van der Waals surface area contributed by atoms with Crippen LogP contribution in [0.15, 0.2) is 48.7 Å². The molecule has 2 N–H and O–H groups in total. The van der Waals surface area contributed by atoms with Crippen molar-refractivity contribution in [1.29, 1.82) is 0 Å². The number of methoxy groups -OCH3 is 1. The molecule has 1 aromatic carbocycles. The molecule has 0 aliphatic heterocycles. The zero-order valence-corrected chi connectivity index (χ0v) is 13.7. The number of pyridine rings is 1. The van der Waals surface area contributed by atoms with Gasteiger partial charge in [-0.2, -0.15) is 0 Å². The predicted octanol–water partition coefficient (Wildman–Crippen LogP) is 3.40. The Hall–Kier alpha value is -2.14. The van der Waals surface area contributed by atoms with Gasteiger partial charge in [-0.25, -0.2) is 4.98 Å². The summed E-state index contributed by atoms with van der Waals surface area (Å²) < 4.78 is 5.24. The van der Waals surface area contributed by atoms with E-state index in [1.165, 1.54) is 5.56 Å². The Labute approximate surface area is 136 Å². The van der Waals surface area contributed by atoms with Gasteiger partial charge in [0, 0.05) is 12.2 Å². The van der Waals surface area contributed by atoms with Crippen molar-refractivity contribution in [2.75, 3.05) is 12.4 Å². The molecule has 0 radical (unpaired) electrons. The molecule has 1 atom stereocenters. The number of thiocarbonyl (C=S) groups is 1. The van der Waals surface area contributed by atoms with Crippen LogP contribution >= 0.6 is 12.2 Å². The first-order valence-corrected chi connectivity index (χ1v) is 7.70. The minimum atomic E-state index is 0.273. The summed E-state index contributed by atoms with van der Waals surface area (Å²) in [4.78, 5) is 4.23. The Kier molecular flexibility index (Phi) is 6.15. The summed E-state index contributed by atoms with van der Waals surface area (Å²) >= 11 is 5.33. The molecule has 4 nitrogen and oxygen atoms in total. The van der Waals surface area contributed by atoms with E-state index in [-0.39, 0.29) is 6.04 Å². The molecule has 5 heteroatoms. The summed E-state index contributed by atoms with van der Waals surface area (Å²) in [6.45, 7) is 2.12. The molecule has 116 valence electrons. The summed E-state index contributed by atoms with van der Waals surface area (Å²) in [7, 11) is 1.61.